The Morgan fingerprint density at radius 1 is 1.26 bits per heavy atom. The van der Waals surface area contributed by atoms with Gasteiger partial charge in [-0.3, -0.25) is 14.3 Å². The number of aromatic nitrogens is 2. The Bertz CT molecular complexity index is 1120. The Balaban J connectivity index is 1.33. The largest absolute Gasteiger partial charge is 0.451 e. The number of benzene rings is 1. The van der Waals surface area contributed by atoms with Crippen molar-refractivity contribution >= 4 is 17.6 Å². The minimum absolute atomic E-state index is 0.213. The molecule has 3 heterocycles. The Morgan fingerprint density at radius 2 is 2.03 bits per heavy atom. The van der Waals surface area contributed by atoms with Gasteiger partial charge in [0, 0.05) is 30.8 Å². The summed E-state index contributed by atoms with van der Waals surface area (Å²) in [4.78, 5) is 28.6. The molecule has 180 valence electrons. The van der Waals surface area contributed by atoms with E-state index in [1.54, 1.807) is 35.7 Å². The lowest BCUT2D eigenvalue weighted by Gasteiger charge is -2.29. The van der Waals surface area contributed by atoms with Crippen molar-refractivity contribution in [1.82, 2.24) is 14.7 Å². The number of hydrogen-bond donors (Lipinski definition) is 2. The molecule has 0 radical (unpaired) electrons. The molecule has 2 N–H and O–H groups in total. The second-order valence-corrected chi connectivity index (χ2v) is 10.4. The SMILES string of the molecule is CC(C)(O)Cn1ccc(NC(=O)C(CC2CCCC2)N2CC3=C(Oc4ccccc4C3)C2=O)n1. The summed E-state index contributed by atoms with van der Waals surface area (Å²) in [6.45, 7) is 4.13. The van der Waals surface area contributed by atoms with Gasteiger partial charge in [0.1, 0.15) is 11.8 Å². The summed E-state index contributed by atoms with van der Waals surface area (Å²) in [5, 5.41) is 17.3. The third kappa shape index (κ3) is 4.73. The summed E-state index contributed by atoms with van der Waals surface area (Å²) < 4.78 is 7.59. The maximum atomic E-state index is 13.5. The van der Waals surface area contributed by atoms with Crippen molar-refractivity contribution in [2.45, 2.75) is 70.6 Å². The van der Waals surface area contributed by atoms with Crippen molar-refractivity contribution in [3.05, 3.63) is 53.4 Å². The molecule has 1 unspecified atom stereocenters. The summed E-state index contributed by atoms with van der Waals surface area (Å²) in [7, 11) is 0. The van der Waals surface area contributed by atoms with Crippen LogP contribution in [0.4, 0.5) is 5.82 Å². The lowest BCUT2D eigenvalue weighted by molar-refractivity contribution is -0.135. The molecule has 1 atom stereocenters. The van der Waals surface area contributed by atoms with Crippen LogP contribution < -0.4 is 10.1 Å². The zero-order valence-electron chi connectivity index (χ0n) is 19.8. The molecule has 2 amide bonds. The number of carbonyl (C=O) groups excluding carboxylic acids is 2. The normalized spacial score (nSPS) is 19.1. The number of carbonyl (C=O) groups is 2. The van der Waals surface area contributed by atoms with Gasteiger partial charge in [-0.25, -0.2) is 0 Å². The maximum absolute atomic E-state index is 13.5. The molecular formula is C26H32N4O4. The summed E-state index contributed by atoms with van der Waals surface area (Å²) >= 11 is 0. The molecule has 1 saturated carbocycles. The number of rotatable bonds is 7. The molecule has 3 aliphatic rings. The van der Waals surface area contributed by atoms with Crippen LogP contribution in [0.25, 0.3) is 0 Å². The molecule has 2 aromatic rings. The number of aliphatic hydroxyl groups is 1. The standard InChI is InChI=1S/C26H32N4O4/c1-26(2,33)16-29-12-11-22(28-29)27-24(31)20(13-17-7-3-4-8-17)30-15-19-14-18-9-5-6-10-21(18)34-23(19)25(30)32/h5-6,9-12,17,20,33H,3-4,7-8,13-16H2,1-2H3,(H,27,28,31). The first-order chi connectivity index (χ1) is 16.3. The fourth-order valence-electron chi connectivity index (χ4n) is 5.28. The van der Waals surface area contributed by atoms with Gasteiger partial charge in [-0.1, -0.05) is 43.9 Å². The minimum atomic E-state index is -0.914. The summed E-state index contributed by atoms with van der Waals surface area (Å²) in [5.74, 6) is 1.48. The van der Waals surface area contributed by atoms with E-state index in [4.69, 9.17) is 4.74 Å². The van der Waals surface area contributed by atoms with Crippen molar-refractivity contribution in [3.8, 4) is 5.75 Å². The third-order valence-electron chi connectivity index (χ3n) is 6.88. The van der Waals surface area contributed by atoms with Crippen LogP contribution in [-0.2, 0) is 22.6 Å². The predicted octanol–water partition coefficient (Wildman–Crippen LogP) is 3.27. The fraction of sp³-hybridized carbons (Fsp3) is 0.500. The second kappa shape index (κ2) is 8.91. The average molecular weight is 465 g/mol. The molecule has 5 rings (SSSR count). The highest BCUT2D eigenvalue weighted by atomic mass is 16.5. The van der Waals surface area contributed by atoms with E-state index < -0.39 is 11.6 Å². The van der Waals surface area contributed by atoms with Crippen LogP contribution in [0.1, 0.15) is 51.5 Å². The topological polar surface area (TPSA) is 96.7 Å². The van der Waals surface area contributed by atoms with E-state index in [0.717, 1.165) is 24.0 Å². The Labute approximate surface area is 199 Å². The number of nitrogens with one attached hydrogen (secondary N) is 1. The van der Waals surface area contributed by atoms with E-state index in [-0.39, 0.29) is 11.8 Å². The monoisotopic (exact) mass is 464 g/mol. The predicted molar refractivity (Wildman–Crippen MR) is 127 cm³/mol. The van der Waals surface area contributed by atoms with Crippen molar-refractivity contribution in [2.24, 2.45) is 5.92 Å². The van der Waals surface area contributed by atoms with Crippen molar-refractivity contribution in [2.75, 3.05) is 11.9 Å². The highest BCUT2D eigenvalue weighted by Gasteiger charge is 2.42. The zero-order chi connectivity index (χ0) is 23.9. The van der Waals surface area contributed by atoms with E-state index in [2.05, 4.69) is 10.4 Å². The Hall–Kier alpha value is -3.13. The molecule has 1 aliphatic carbocycles. The van der Waals surface area contributed by atoms with Crippen LogP contribution in [0, 0.1) is 5.92 Å². The molecule has 0 saturated heterocycles. The van der Waals surface area contributed by atoms with Gasteiger partial charge >= 0.3 is 0 Å². The second-order valence-electron chi connectivity index (χ2n) is 10.4. The molecule has 8 nitrogen and oxygen atoms in total. The van der Waals surface area contributed by atoms with Crippen LogP contribution in [-0.4, -0.2) is 49.8 Å². The van der Waals surface area contributed by atoms with Crippen LogP contribution in [0.5, 0.6) is 5.75 Å². The third-order valence-corrected chi connectivity index (χ3v) is 6.88. The van der Waals surface area contributed by atoms with Gasteiger partial charge in [-0.15, -0.1) is 0 Å². The van der Waals surface area contributed by atoms with Gasteiger partial charge in [-0.2, -0.15) is 5.10 Å². The number of nitrogens with zero attached hydrogens (tertiary/aromatic N) is 3. The molecule has 2 aliphatic heterocycles. The van der Waals surface area contributed by atoms with Gasteiger partial charge in [-0.05, 0) is 37.8 Å². The molecular weight excluding hydrogens is 432 g/mol. The number of hydrogen-bond acceptors (Lipinski definition) is 5. The summed E-state index contributed by atoms with van der Waals surface area (Å²) in [6.07, 6.45) is 7.53. The van der Waals surface area contributed by atoms with Crippen LogP contribution in [0.15, 0.2) is 47.9 Å². The van der Waals surface area contributed by atoms with E-state index in [1.807, 2.05) is 24.3 Å². The van der Waals surface area contributed by atoms with Gasteiger partial charge < -0.3 is 20.1 Å². The first-order valence-corrected chi connectivity index (χ1v) is 12.1. The van der Waals surface area contributed by atoms with E-state index >= 15 is 0 Å². The smallest absolute Gasteiger partial charge is 0.290 e. The van der Waals surface area contributed by atoms with Crippen molar-refractivity contribution in [3.63, 3.8) is 0 Å². The zero-order valence-corrected chi connectivity index (χ0v) is 19.8. The molecule has 1 aromatic heterocycles. The van der Waals surface area contributed by atoms with Crippen molar-refractivity contribution in [1.29, 1.82) is 0 Å². The number of anilines is 1. The number of para-hydroxylation sites is 1. The van der Waals surface area contributed by atoms with E-state index in [0.29, 0.717) is 49.2 Å². The number of fused-ring (bicyclic) bond motifs is 1. The van der Waals surface area contributed by atoms with Crippen LogP contribution in [0.3, 0.4) is 0 Å². The average Bonchev–Trinajstić information content (AvgIpc) is 3.51. The lowest BCUT2D eigenvalue weighted by Crippen LogP contribution is -2.47. The molecule has 0 spiro atoms. The Kier molecular flexibility index (Phi) is 5.93. The van der Waals surface area contributed by atoms with Crippen LogP contribution in [0.2, 0.25) is 0 Å². The maximum Gasteiger partial charge on any atom is 0.290 e. The highest BCUT2D eigenvalue weighted by Crippen LogP contribution is 2.37. The number of amides is 2. The van der Waals surface area contributed by atoms with Gasteiger partial charge in [0.15, 0.2) is 11.6 Å². The van der Waals surface area contributed by atoms with E-state index in [1.165, 1.54) is 12.8 Å². The number of ether oxygens (including phenoxy) is 1. The van der Waals surface area contributed by atoms with Gasteiger partial charge in [0.05, 0.1) is 12.1 Å². The molecule has 0 bridgehead atoms. The highest BCUT2D eigenvalue weighted by molar-refractivity contribution is 6.02. The summed E-state index contributed by atoms with van der Waals surface area (Å²) in [6, 6.07) is 8.88. The Morgan fingerprint density at radius 3 is 2.79 bits per heavy atom. The van der Waals surface area contributed by atoms with E-state index in [9.17, 15) is 14.7 Å². The van der Waals surface area contributed by atoms with Gasteiger partial charge in [0.25, 0.3) is 5.91 Å². The molecule has 1 fully saturated rings. The summed E-state index contributed by atoms with van der Waals surface area (Å²) in [5.41, 5.74) is 1.08. The molecule has 8 heteroatoms. The fourth-order valence-corrected chi connectivity index (χ4v) is 5.28. The van der Waals surface area contributed by atoms with Gasteiger partial charge in [0.2, 0.25) is 5.91 Å². The first-order valence-electron chi connectivity index (χ1n) is 12.1. The minimum Gasteiger partial charge on any atom is -0.451 e. The van der Waals surface area contributed by atoms with Crippen LogP contribution >= 0.6 is 0 Å². The quantitative estimate of drug-likeness (QED) is 0.656. The molecule has 1 aromatic carbocycles. The molecule has 34 heavy (non-hydrogen) atoms. The first kappa shape index (κ1) is 22.7. The van der Waals surface area contributed by atoms with Crippen molar-refractivity contribution < 1.29 is 19.4 Å². The lowest BCUT2D eigenvalue weighted by atomic mass is 9.96.